The van der Waals surface area contributed by atoms with Crippen molar-refractivity contribution in [3.8, 4) is 11.3 Å². The van der Waals surface area contributed by atoms with Gasteiger partial charge in [-0.15, -0.1) is 0 Å². The highest BCUT2D eigenvalue weighted by Crippen LogP contribution is 2.44. The molecule has 1 saturated carbocycles. The fraction of sp³-hybridized carbons (Fsp3) is 0.407. The Hall–Kier alpha value is -3.19. The molecule has 2 aromatic carbocycles. The van der Waals surface area contributed by atoms with Crippen LogP contribution in [0, 0.1) is 5.41 Å². The number of halogens is 1. The second kappa shape index (κ2) is 9.82. The van der Waals surface area contributed by atoms with E-state index in [-0.39, 0.29) is 17.7 Å². The van der Waals surface area contributed by atoms with Crippen molar-refractivity contribution < 1.29 is 14.7 Å². The topological polar surface area (TPSA) is 86.6 Å². The average molecular weight is 493 g/mol. The Labute approximate surface area is 209 Å². The van der Waals surface area contributed by atoms with Gasteiger partial charge in [-0.1, -0.05) is 54.8 Å². The highest BCUT2D eigenvalue weighted by atomic mass is 35.5. The minimum Gasteiger partial charge on any atom is -0.481 e. The van der Waals surface area contributed by atoms with E-state index in [0.29, 0.717) is 43.6 Å². The molecule has 0 radical (unpaired) electrons. The highest BCUT2D eigenvalue weighted by Gasteiger charge is 2.39. The van der Waals surface area contributed by atoms with Crippen molar-refractivity contribution in [1.29, 1.82) is 0 Å². The first kappa shape index (κ1) is 23.5. The molecule has 2 aliphatic rings. The molecule has 0 atom stereocenters. The number of fused-ring (bicyclic) bond motifs is 1. The van der Waals surface area contributed by atoms with Crippen LogP contribution >= 0.6 is 11.6 Å². The van der Waals surface area contributed by atoms with Gasteiger partial charge in [0.15, 0.2) is 0 Å². The van der Waals surface area contributed by atoms with E-state index in [0.717, 1.165) is 47.8 Å². The molecule has 0 unspecified atom stereocenters. The average Bonchev–Trinajstić information content (AvgIpc) is 3.31. The number of aliphatic carboxylic acids is 1. The second-order valence-corrected chi connectivity index (χ2v) is 10.2. The van der Waals surface area contributed by atoms with Crippen molar-refractivity contribution in [2.24, 2.45) is 5.41 Å². The number of carbonyl (C=O) groups is 2. The van der Waals surface area contributed by atoms with Crippen molar-refractivity contribution in [1.82, 2.24) is 14.9 Å². The van der Waals surface area contributed by atoms with Crippen LogP contribution in [0.15, 0.2) is 48.5 Å². The number of carboxylic acid groups (broad SMARTS) is 1. The Balaban J connectivity index is 1.33. The van der Waals surface area contributed by atoms with Gasteiger partial charge < -0.3 is 14.9 Å². The van der Waals surface area contributed by atoms with E-state index in [1.54, 1.807) is 0 Å². The van der Waals surface area contributed by atoms with Crippen LogP contribution in [0.5, 0.6) is 0 Å². The van der Waals surface area contributed by atoms with Gasteiger partial charge in [0.2, 0.25) is 11.9 Å². The third kappa shape index (κ3) is 5.10. The van der Waals surface area contributed by atoms with Crippen LogP contribution in [0.1, 0.15) is 38.5 Å². The molecular weight excluding hydrogens is 464 g/mol. The standard InChI is InChI=1S/C27H29ClN4O3/c28-20-8-9-22-21(16-20)25(19-6-2-1-3-7-19)30-26(29-22)32-14-12-31(13-15-32)23(33)17-27(18-24(34)35)10-4-5-11-27/h1-3,6-9,16H,4-5,10-15,17-18H2,(H,34,35). The zero-order valence-corrected chi connectivity index (χ0v) is 20.4. The Morgan fingerprint density at radius 3 is 2.34 bits per heavy atom. The Morgan fingerprint density at radius 2 is 1.66 bits per heavy atom. The molecule has 2 heterocycles. The maximum atomic E-state index is 13.1. The zero-order valence-electron chi connectivity index (χ0n) is 19.6. The summed E-state index contributed by atoms with van der Waals surface area (Å²) in [5.74, 6) is -0.107. The lowest BCUT2D eigenvalue weighted by atomic mass is 9.79. The fourth-order valence-corrected chi connectivity index (χ4v) is 5.67. The lowest BCUT2D eigenvalue weighted by Crippen LogP contribution is -2.50. The number of carbonyl (C=O) groups excluding carboxylic acids is 1. The van der Waals surface area contributed by atoms with E-state index >= 15 is 0 Å². The predicted octanol–water partition coefficient (Wildman–Crippen LogP) is 5.02. The first-order valence-corrected chi connectivity index (χ1v) is 12.6. The van der Waals surface area contributed by atoms with Crippen LogP contribution < -0.4 is 4.90 Å². The summed E-state index contributed by atoms with van der Waals surface area (Å²) in [7, 11) is 0. The van der Waals surface area contributed by atoms with Crippen LogP contribution in [0.25, 0.3) is 22.2 Å². The monoisotopic (exact) mass is 492 g/mol. The quantitative estimate of drug-likeness (QED) is 0.519. The number of anilines is 1. The van der Waals surface area contributed by atoms with Gasteiger partial charge >= 0.3 is 5.97 Å². The van der Waals surface area contributed by atoms with E-state index in [4.69, 9.17) is 21.6 Å². The van der Waals surface area contributed by atoms with Gasteiger partial charge in [0, 0.05) is 48.6 Å². The molecule has 1 N–H and O–H groups in total. The van der Waals surface area contributed by atoms with Gasteiger partial charge in [-0.3, -0.25) is 9.59 Å². The van der Waals surface area contributed by atoms with Crippen LogP contribution in [0.2, 0.25) is 5.02 Å². The number of carboxylic acids is 1. The molecule has 8 heteroatoms. The number of piperazine rings is 1. The number of amides is 1. The zero-order chi connectivity index (χ0) is 24.4. The van der Waals surface area contributed by atoms with Gasteiger partial charge in [-0.2, -0.15) is 0 Å². The molecule has 1 aromatic heterocycles. The maximum Gasteiger partial charge on any atom is 0.303 e. The molecule has 1 saturated heterocycles. The van der Waals surface area contributed by atoms with Crippen LogP contribution in [-0.2, 0) is 9.59 Å². The summed E-state index contributed by atoms with van der Waals surface area (Å²) in [6.45, 7) is 2.41. The fourth-order valence-electron chi connectivity index (χ4n) is 5.50. The van der Waals surface area contributed by atoms with Crippen molar-refractivity contribution >= 4 is 40.3 Å². The lowest BCUT2D eigenvalue weighted by molar-refractivity contribution is -0.141. The summed E-state index contributed by atoms with van der Waals surface area (Å²) in [4.78, 5) is 38.2. The molecule has 0 bridgehead atoms. The first-order valence-electron chi connectivity index (χ1n) is 12.2. The van der Waals surface area contributed by atoms with Crippen molar-refractivity contribution in [2.45, 2.75) is 38.5 Å². The molecule has 0 spiro atoms. The van der Waals surface area contributed by atoms with E-state index in [1.807, 2.05) is 53.4 Å². The largest absolute Gasteiger partial charge is 0.481 e. The van der Waals surface area contributed by atoms with Crippen molar-refractivity contribution in [3.63, 3.8) is 0 Å². The minimum atomic E-state index is -0.812. The molecule has 3 aromatic rings. The second-order valence-electron chi connectivity index (χ2n) is 9.72. The summed E-state index contributed by atoms with van der Waals surface area (Å²) < 4.78 is 0. The van der Waals surface area contributed by atoms with Crippen molar-refractivity contribution in [2.75, 3.05) is 31.1 Å². The highest BCUT2D eigenvalue weighted by molar-refractivity contribution is 6.31. The van der Waals surface area contributed by atoms with Crippen LogP contribution in [0.4, 0.5) is 5.95 Å². The van der Waals surface area contributed by atoms with E-state index in [9.17, 15) is 14.7 Å². The summed E-state index contributed by atoms with van der Waals surface area (Å²) in [5.41, 5.74) is 2.28. The van der Waals surface area contributed by atoms with Crippen LogP contribution in [0.3, 0.4) is 0 Å². The normalized spacial score (nSPS) is 17.6. The van der Waals surface area contributed by atoms with Gasteiger partial charge in [0.05, 0.1) is 17.6 Å². The number of benzene rings is 2. The third-order valence-electron chi connectivity index (χ3n) is 7.33. The summed E-state index contributed by atoms with van der Waals surface area (Å²) in [6.07, 6.45) is 4.05. The maximum absolute atomic E-state index is 13.1. The molecule has 2 fully saturated rings. The molecular formula is C27H29ClN4O3. The molecule has 1 aliphatic heterocycles. The van der Waals surface area contributed by atoms with Crippen LogP contribution in [-0.4, -0.2) is 58.0 Å². The number of nitrogens with zero attached hydrogens (tertiary/aromatic N) is 4. The third-order valence-corrected chi connectivity index (χ3v) is 7.56. The number of hydrogen-bond acceptors (Lipinski definition) is 5. The smallest absolute Gasteiger partial charge is 0.303 e. The molecule has 1 aliphatic carbocycles. The number of hydrogen-bond donors (Lipinski definition) is 1. The molecule has 5 rings (SSSR count). The Kier molecular flexibility index (Phi) is 6.60. The summed E-state index contributed by atoms with van der Waals surface area (Å²) in [5, 5.41) is 10.9. The Morgan fingerprint density at radius 1 is 0.943 bits per heavy atom. The van der Waals surface area contributed by atoms with E-state index < -0.39 is 5.97 Å². The molecule has 35 heavy (non-hydrogen) atoms. The van der Waals surface area contributed by atoms with Gasteiger partial charge in [0.25, 0.3) is 0 Å². The van der Waals surface area contributed by atoms with E-state index in [2.05, 4.69) is 4.90 Å². The SMILES string of the molecule is O=C(O)CC1(CC(=O)N2CCN(c3nc(-c4ccccc4)c4cc(Cl)ccc4n3)CC2)CCCC1. The summed E-state index contributed by atoms with van der Waals surface area (Å²) >= 11 is 6.27. The van der Waals surface area contributed by atoms with Gasteiger partial charge in [0.1, 0.15) is 0 Å². The number of rotatable bonds is 6. The van der Waals surface area contributed by atoms with Crippen molar-refractivity contribution in [3.05, 3.63) is 53.6 Å². The number of aromatic nitrogens is 2. The van der Waals surface area contributed by atoms with Gasteiger partial charge in [-0.25, -0.2) is 9.97 Å². The van der Waals surface area contributed by atoms with E-state index in [1.165, 1.54) is 0 Å². The molecule has 7 nitrogen and oxygen atoms in total. The Bertz CT molecular complexity index is 1240. The summed E-state index contributed by atoms with van der Waals surface area (Å²) in [6, 6.07) is 15.6. The van der Waals surface area contributed by atoms with Gasteiger partial charge in [-0.05, 0) is 36.5 Å². The lowest BCUT2D eigenvalue weighted by Gasteiger charge is -2.37. The molecule has 182 valence electrons. The first-order chi connectivity index (χ1) is 16.9. The predicted molar refractivity (Wildman–Crippen MR) is 137 cm³/mol. The molecule has 1 amide bonds. The minimum absolute atomic E-state index is 0.0619.